The quantitative estimate of drug-likeness (QED) is 0.496. The topological polar surface area (TPSA) is 38.3 Å². The van der Waals surface area contributed by atoms with E-state index < -0.39 is 0 Å². The summed E-state index contributed by atoms with van der Waals surface area (Å²) in [4.78, 5) is 11.5. The summed E-state index contributed by atoms with van der Waals surface area (Å²) in [5, 5.41) is 3.63. The van der Waals surface area contributed by atoms with Crippen LogP contribution < -0.4 is 5.32 Å². The Labute approximate surface area is 151 Å². The highest BCUT2D eigenvalue weighted by Crippen LogP contribution is 2.48. The molecule has 1 atom stereocenters. The monoisotopic (exact) mass is 349 g/mol. The van der Waals surface area contributed by atoms with E-state index in [0.717, 1.165) is 25.7 Å². The van der Waals surface area contributed by atoms with Gasteiger partial charge in [0.2, 0.25) is 0 Å². The second-order valence-corrected chi connectivity index (χ2v) is 7.62. The first-order chi connectivity index (χ1) is 12.0. The second-order valence-electron chi connectivity index (χ2n) is 7.62. The van der Waals surface area contributed by atoms with Crippen molar-refractivity contribution in [3.63, 3.8) is 0 Å². The molecular formula is C21H32FNO2. The van der Waals surface area contributed by atoms with Crippen LogP contribution in [0.15, 0.2) is 24.3 Å². The molecule has 1 fully saturated rings. The van der Waals surface area contributed by atoms with E-state index in [2.05, 4.69) is 19.2 Å². The molecule has 0 aliphatic heterocycles. The molecule has 0 amide bonds. The van der Waals surface area contributed by atoms with Gasteiger partial charge in [0.15, 0.2) is 0 Å². The van der Waals surface area contributed by atoms with Gasteiger partial charge in [-0.3, -0.25) is 4.79 Å². The van der Waals surface area contributed by atoms with E-state index in [1.807, 2.05) is 19.1 Å². The fourth-order valence-electron chi connectivity index (χ4n) is 3.83. The first-order valence-electron chi connectivity index (χ1n) is 9.63. The zero-order chi connectivity index (χ0) is 18.3. The molecule has 3 nitrogen and oxygen atoms in total. The van der Waals surface area contributed by atoms with Crippen LogP contribution in [-0.2, 0) is 14.9 Å². The molecule has 140 valence electrons. The van der Waals surface area contributed by atoms with Crippen LogP contribution in [0.1, 0.15) is 64.9 Å². The number of ether oxygens (including phenoxy) is 1. The number of carbonyl (C=O) groups excluding carboxylic acids is 1. The summed E-state index contributed by atoms with van der Waals surface area (Å²) in [7, 11) is 0. The molecule has 1 saturated carbocycles. The Hall–Kier alpha value is -1.42. The summed E-state index contributed by atoms with van der Waals surface area (Å²) in [5.41, 5.74) is 1.30. The van der Waals surface area contributed by atoms with Crippen molar-refractivity contribution >= 4 is 5.97 Å². The third-order valence-corrected chi connectivity index (χ3v) is 5.25. The van der Waals surface area contributed by atoms with Crippen LogP contribution in [0.3, 0.4) is 0 Å². The van der Waals surface area contributed by atoms with Crippen molar-refractivity contribution in [1.29, 1.82) is 0 Å². The van der Waals surface area contributed by atoms with Crippen LogP contribution in [0.5, 0.6) is 0 Å². The zero-order valence-corrected chi connectivity index (χ0v) is 15.8. The number of hydrogen-bond acceptors (Lipinski definition) is 3. The summed E-state index contributed by atoms with van der Waals surface area (Å²) < 4.78 is 18.6. The van der Waals surface area contributed by atoms with Gasteiger partial charge in [0.05, 0.1) is 0 Å². The summed E-state index contributed by atoms with van der Waals surface area (Å²) in [5.74, 6) is 0.258. The van der Waals surface area contributed by atoms with Crippen LogP contribution in [-0.4, -0.2) is 25.2 Å². The maximum absolute atomic E-state index is 13.3. The van der Waals surface area contributed by atoms with Gasteiger partial charge >= 0.3 is 5.97 Å². The molecule has 4 heteroatoms. The third-order valence-electron chi connectivity index (χ3n) is 5.25. The average molecular weight is 349 g/mol. The van der Waals surface area contributed by atoms with E-state index in [9.17, 15) is 9.18 Å². The molecule has 2 rings (SSSR count). The molecule has 1 aromatic rings. The van der Waals surface area contributed by atoms with Crippen molar-refractivity contribution in [2.24, 2.45) is 5.92 Å². The van der Waals surface area contributed by atoms with E-state index in [0.29, 0.717) is 31.5 Å². The van der Waals surface area contributed by atoms with E-state index in [1.54, 1.807) is 12.1 Å². The smallest absolute Gasteiger partial charge is 0.305 e. The van der Waals surface area contributed by atoms with Gasteiger partial charge in [0, 0.05) is 24.4 Å². The fourth-order valence-corrected chi connectivity index (χ4v) is 3.83. The normalized spacial score (nSPS) is 17.2. The second kappa shape index (κ2) is 9.33. The van der Waals surface area contributed by atoms with Crippen LogP contribution in [0.25, 0.3) is 0 Å². The number of carbonyl (C=O) groups is 1. The summed E-state index contributed by atoms with van der Waals surface area (Å²) >= 11 is 0. The minimum atomic E-state index is -0.186. The van der Waals surface area contributed by atoms with E-state index in [4.69, 9.17) is 4.74 Å². The Morgan fingerprint density at radius 1 is 1.28 bits per heavy atom. The minimum absolute atomic E-state index is 0.0748. The third kappa shape index (κ3) is 5.27. The van der Waals surface area contributed by atoms with Crippen LogP contribution in [0.4, 0.5) is 4.39 Å². The van der Waals surface area contributed by atoms with Gasteiger partial charge in [-0.15, -0.1) is 0 Å². The Kier molecular flexibility index (Phi) is 7.42. The molecule has 1 N–H and O–H groups in total. The lowest BCUT2D eigenvalue weighted by Crippen LogP contribution is -2.54. The molecule has 0 spiro atoms. The molecule has 0 bridgehead atoms. The van der Waals surface area contributed by atoms with Gasteiger partial charge in [-0.25, -0.2) is 4.39 Å². The molecule has 0 radical (unpaired) electrons. The van der Waals surface area contributed by atoms with Gasteiger partial charge in [0.25, 0.3) is 0 Å². The Morgan fingerprint density at radius 2 is 1.96 bits per heavy atom. The van der Waals surface area contributed by atoms with Gasteiger partial charge in [-0.05, 0) is 49.3 Å². The predicted octanol–water partition coefficient (Wildman–Crippen LogP) is 4.60. The minimum Gasteiger partial charge on any atom is -0.464 e. The number of rotatable bonds is 10. The Balaban J connectivity index is 2.02. The highest BCUT2D eigenvalue weighted by molar-refractivity contribution is 5.69. The number of esters is 1. The number of nitrogens with one attached hydrogen (secondary N) is 1. The molecule has 1 aliphatic rings. The van der Waals surface area contributed by atoms with Crippen molar-refractivity contribution in [2.45, 2.75) is 70.8 Å². The maximum atomic E-state index is 13.3. The fraction of sp³-hybridized carbons (Fsp3) is 0.667. The zero-order valence-electron chi connectivity index (χ0n) is 15.8. The van der Waals surface area contributed by atoms with Gasteiger partial charge in [-0.1, -0.05) is 39.3 Å². The largest absolute Gasteiger partial charge is 0.464 e. The standard InChI is InChI=1S/C21H32FNO2/c1-4-6-20(24)25-14-13-23-19(15-16(2)3)21(11-5-12-21)17-7-9-18(22)10-8-17/h7-10,16,19,23H,4-6,11-15H2,1-3H3. The molecule has 0 saturated heterocycles. The van der Waals surface area contributed by atoms with E-state index in [-0.39, 0.29) is 17.2 Å². The maximum Gasteiger partial charge on any atom is 0.305 e. The summed E-state index contributed by atoms with van der Waals surface area (Å²) in [6.45, 7) is 7.50. The lowest BCUT2D eigenvalue weighted by Gasteiger charge is -2.49. The molecular weight excluding hydrogens is 317 g/mol. The average Bonchev–Trinajstić information content (AvgIpc) is 2.51. The Bertz CT molecular complexity index is 537. The molecule has 0 aromatic heterocycles. The van der Waals surface area contributed by atoms with Crippen molar-refractivity contribution in [3.8, 4) is 0 Å². The van der Waals surface area contributed by atoms with Gasteiger partial charge in [-0.2, -0.15) is 0 Å². The molecule has 0 heterocycles. The molecule has 1 aliphatic carbocycles. The number of hydrogen-bond donors (Lipinski definition) is 1. The van der Waals surface area contributed by atoms with Crippen LogP contribution >= 0.6 is 0 Å². The van der Waals surface area contributed by atoms with Gasteiger partial charge < -0.3 is 10.1 Å². The summed E-state index contributed by atoms with van der Waals surface area (Å²) in [6.07, 6.45) is 5.81. The number of benzene rings is 1. The Morgan fingerprint density at radius 3 is 2.48 bits per heavy atom. The van der Waals surface area contributed by atoms with Crippen LogP contribution in [0, 0.1) is 11.7 Å². The van der Waals surface area contributed by atoms with E-state index in [1.165, 1.54) is 12.0 Å². The SMILES string of the molecule is CCCC(=O)OCCNC(CC(C)C)C1(c2ccc(F)cc2)CCC1. The van der Waals surface area contributed by atoms with Crippen LogP contribution in [0.2, 0.25) is 0 Å². The van der Waals surface area contributed by atoms with Crippen molar-refractivity contribution in [3.05, 3.63) is 35.6 Å². The predicted molar refractivity (Wildman–Crippen MR) is 99.0 cm³/mol. The molecule has 1 aromatic carbocycles. The molecule has 1 unspecified atom stereocenters. The van der Waals surface area contributed by atoms with Crippen molar-refractivity contribution < 1.29 is 13.9 Å². The van der Waals surface area contributed by atoms with Crippen molar-refractivity contribution in [1.82, 2.24) is 5.32 Å². The number of halogens is 1. The first-order valence-corrected chi connectivity index (χ1v) is 9.63. The van der Waals surface area contributed by atoms with Crippen molar-refractivity contribution in [2.75, 3.05) is 13.2 Å². The summed E-state index contributed by atoms with van der Waals surface area (Å²) in [6, 6.07) is 7.31. The highest BCUT2D eigenvalue weighted by Gasteiger charge is 2.45. The van der Waals surface area contributed by atoms with Gasteiger partial charge in [0.1, 0.15) is 12.4 Å². The molecule has 25 heavy (non-hydrogen) atoms. The lowest BCUT2D eigenvalue weighted by molar-refractivity contribution is -0.143. The highest BCUT2D eigenvalue weighted by atomic mass is 19.1. The van der Waals surface area contributed by atoms with E-state index >= 15 is 0 Å². The first kappa shape index (κ1) is 19.9. The lowest BCUT2D eigenvalue weighted by atomic mass is 9.59.